The fourth-order valence-electron chi connectivity index (χ4n) is 0.244. The Hall–Kier alpha value is -1.30. The van der Waals surface area contributed by atoms with Crippen molar-refractivity contribution in [3.8, 4) is 11.8 Å². The summed E-state index contributed by atoms with van der Waals surface area (Å²) in [6, 6.07) is 0. The lowest BCUT2D eigenvalue weighted by molar-refractivity contribution is -0.135. The molecule has 9 heavy (non-hydrogen) atoms. The fourth-order valence-corrected chi connectivity index (χ4v) is 0.244. The minimum absolute atomic E-state index is 0.264. The number of Topliss-reactive ketones (excluding diaryl/α,β-unsaturated/α-hetero) is 1. The van der Waals surface area contributed by atoms with Gasteiger partial charge in [-0.05, 0) is 5.92 Å². The van der Waals surface area contributed by atoms with E-state index in [9.17, 15) is 9.59 Å². The summed E-state index contributed by atoms with van der Waals surface area (Å²) in [6.45, 7) is 1.29. The Labute approximate surface area is 52.7 Å². The lowest BCUT2D eigenvalue weighted by atomic mass is 10.4. The summed E-state index contributed by atoms with van der Waals surface area (Å²) in [7, 11) is 0. The predicted molar refractivity (Wildman–Crippen MR) is 30.7 cm³/mol. The highest BCUT2D eigenvalue weighted by Gasteiger charge is 1.88. The van der Waals surface area contributed by atoms with Crippen molar-refractivity contribution in [1.82, 2.24) is 0 Å². The molecule has 3 nitrogen and oxygen atoms in total. The van der Waals surface area contributed by atoms with Crippen molar-refractivity contribution in [3.63, 3.8) is 0 Å². The third kappa shape index (κ3) is 6.70. The maximum absolute atomic E-state index is 10.1. The molecule has 0 radical (unpaired) electrons. The maximum Gasteiger partial charge on any atom is 0.315 e. The second-order valence-corrected chi connectivity index (χ2v) is 1.43. The van der Waals surface area contributed by atoms with Gasteiger partial charge in [-0.2, -0.15) is 0 Å². The van der Waals surface area contributed by atoms with E-state index in [2.05, 4.69) is 11.8 Å². The first-order valence-corrected chi connectivity index (χ1v) is 2.34. The van der Waals surface area contributed by atoms with Crippen LogP contribution in [0.2, 0.25) is 0 Å². The lowest BCUT2D eigenvalue weighted by Crippen LogP contribution is -1.91. The van der Waals surface area contributed by atoms with E-state index in [0.717, 1.165) is 0 Å². The molecule has 0 saturated heterocycles. The molecule has 0 rings (SSSR count). The van der Waals surface area contributed by atoms with Crippen molar-refractivity contribution < 1.29 is 14.7 Å². The third-order valence-electron chi connectivity index (χ3n) is 0.504. The van der Waals surface area contributed by atoms with E-state index < -0.39 is 5.97 Å². The second-order valence-electron chi connectivity index (χ2n) is 1.43. The molecular weight excluding hydrogens is 120 g/mol. The summed E-state index contributed by atoms with van der Waals surface area (Å²) in [5.74, 6) is 2.97. The average molecular weight is 126 g/mol. The van der Waals surface area contributed by atoms with Gasteiger partial charge in [0.05, 0.1) is 0 Å². The van der Waals surface area contributed by atoms with E-state index in [-0.39, 0.29) is 12.2 Å². The van der Waals surface area contributed by atoms with Crippen LogP contribution >= 0.6 is 0 Å². The molecule has 0 unspecified atom stereocenters. The van der Waals surface area contributed by atoms with Gasteiger partial charge in [-0.25, -0.2) is 0 Å². The molecule has 0 saturated carbocycles. The van der Waals surface area contributed by atoms with Gasteiger partial charge in [0.25, 0.3) is 0 Å². The Morgan fingerprint density at radius 2 is 2.11 bits per heavy atom. The zero-order valence-electron chi connectivity index (χ0n) is 4.97. The van der Waals surface area contributed by atoms with Gasteiger partial charge in [0.15, 0.2) is 0 Å². The van der Waals surface area contributed by atoms with Gasteiger partial charge < -0.3 is 5.11 Å². The Morgan fingerprint density at radius 3 is 2.44 bits per heavy atom. The van der Waals surface area contributed by atoms with E-state index in [4.69, 9.17) is 5.11 Å². The van der Waals surface area contributed by atoms with Crippen molar-refractivity contribution in [2.24, 2.45) is 0 Å². The van der Waals surface area contributed by atoms with E-state index >= 15 is 0 Å². The molecule has 0 aliphatic rings. The number of carboxylic acid groups (broad SMARTS) is 1. The summed E-state index contributed by atoms with van der Waals surface area (Å²) in [6.07, 6.45) is -0.264. The Bertz CT molecular complexity index is 182. The van der Waals surface area contributed by atoms with Gasteiger partial charge in [-0.1, -0.05) is 5.92 Å². The normalized spacial score (nSPS) is 7.22. The highest BCUT2D eigenvalue weighted by Crippen LogP contribution is 1.72. The predicted octanol–water partition coefficient (Wildman–Crippen LogP) is 0.0535. The number of hydrogen-bond acceptors (Lipinski definition) is 2. The standard InChI is InChI=1S/C6H6O3/c1-5(7)3-2-4-6(8)9/h4H2,1H3,(H,8,9). The SMILES string of the molecule is CC(=O)C#CCC(=O)O. The minimum Gasteiger partial charge on any atom is -0.481 e. The molecule has 0 aliphatic heterocycles. The van der Waals surface area contributed by atoms with Crippen LogP contribution < -0.4 is 0 Å². The quantitative estimate of drug-likeness (QED) is 0.399. The molecule has 0 aliphatic carbocycles. The molecule has 0 aromatic carbocycles. The fraction of sp³-hybridized carbons (Fsp3) is 0.333. The van der Waals surface area contributed by atoms with Crippen LogP contribution in [0.25, 0.3) is 0 Å². The molecule has 0 heterocycles. The van der Waals surface area contributed by atoms with Crippen LogP contribution in [0.5, 0.6) is 0 Å². The molecule has 0 aromatic heterocycles. The zero-order chi connectivity index (χ0) is 7.28. The van der Waals surface area contributed by atoms with Gasteiger partial charge >= 0.3 is 5.97 Å². The number of carboxylic acids is 1. The smallest absolute Gasteiger partial charge is 0.315 e. The van der Waals surface area contributed by atoms with Crippen molar-refractivity contribution in [1.29, 1.82) is 0 Å². The summed E-state index contributed by atoms with van der Waals surface area (Å²) in [5, 5.41) is 8.01. The van der Waals surface area contributed by atoms with Gasteiger partial charge in [0.1, 0.15) is 6.42 Å². The van der Waals surface area contributed by atoms with E-state index in [1.807, 2.05) is 0 Å². The number of carbonyl (C=O) groups is 2. The topological polar surface area (TPSA) is 54.4 Å². The van der Waals surface area contributed by atoms with Crippen LogP contribution in [0, 0.1) is 11.8 Å². The van der Waals surface area contributed by atoms with Crippen LogP contribution in [0.3, 0.4) is 0 Å². The number of rotatable bonds is 1. The van der Waals surface area contributed by atoms with Crippen molar-refractivity contribution in [2.75, 3.05) is 0 Å². The molecule has 0 spiro atoms. The van der Waals surface area contributed by atoms with E-state index in [1.54, 1.807) is 0 Å². The van der Waals surface area contributed by atoms with Crippen LogP contribution in [0.1, 0.15) is 13.3 Å². The van der Waals surface area contributed by atoms with Crippen molar-refractivity contribution >= 4 is 11.8 Å². The molecule has 3 heteroatoms. The second kappa shape index (κ2) is 3.67. The Balaban J connectivity index is 3.63. The van der Waals surface area contributed by atoms with E-state index in [0.29, 0.717) is 0 Å². The molecule has 0 aromatic rings. The third-order valence-corrected chi connectivity index (χ3v) is 0.504. The number of hydrogen-bond donors (Lipinski definition) is 1. The van der Waals surface area contributed by atoms with Gasteiger partial charge in [0.2, 0.25) is 5.78 Å². The zero-order valence-corrected chi connectivity index (χ0v) is 4.97. The average Bonchev–Trinajstić information content (AvgIpc) is 1.63. The number of ketones is 1. The molecule has 0 atom stereocenters. The minimum atomic E-state index is -1.01. The maximum atomic E-state index is 10.1. The summed E-state index contributed by atoms with van der Waals surface area (Å²) in [4.78, 5) is 19.8. The highest BCUT2D eigenvalue weighted by atomic mass is 16.4. The Kier molecular flexibility index (Phi) is 3.14. The molecule has 48 valence electrons. The summed E-state index contributed by atoms with van der Waals surface area (Å²) < 4.78 is 0. The first-order chi connectivity index (χ1) is 4.13. The molecule has 0 amide bonds. The first kappa shape index (κ1) is 7.70. The Morgan fingerprint density at radius 1 is 1.56 bits per heavy atom. The molecule has 1 N–H and O–H groups in total. The van der Waals surface area contributed by atoms with Crippen LogP contribution in [0.4, 0.5) is 0 Å². The van der Waals surface area contributed by atoms with Gasteiger partial charge in [0, 0.05) is 6.92 Å². The molecule has 0 bridgehead atoms. The van der Waals surface area contributed by atoms with Crippen LogP contribution in [0.15, 0.2) is 0 Å². The van der Waals surface area contributed by atoms with Crippen LogP contribution in [-0.2, 0) is 9.59 Å². The molecular formula is C6H6O3. The lowest BCUT2D eigenvalue weighted by Gasteiger charge is -1.75. The summed E-state index contributed by atoms with van der Waals surface area (Å²) in [5.41, 5.74) is 0. The largest absolute Gasteiger partial charge is 0.481 e. The van der Waals surface area contributed by atoms with Crippen molar-refractivity contribution in [2.45, 2.75) is 13.3 Å². The number of carbonyl (C=O) groups excluding carboxylic acids is 1. The van der Waals surface area contributed by atoms with E-state index in [1.165, 1.54) is 6.92 Å². The monoisotopic (exact) mass is 126 g/mol. The number of aliphatic carboxylic acids is 1. The van der Waals surface area contributed by atoms with Crippen LogP contribution in [-0.4, -0.2) is 16.9 Å². The van der Waals surface area contributed by atoms with Gasteiger partial charge in [-0.3, -0.25) is 9.59 Å². The highest BCUT2D eigenvalue weighted by molar-refractivity contribution is 5.93. The van der Waals surface area contributed by atoms with Gasteiger partial charge in [-0.15, -0.1) is 0 Å². The van der Waals surface area contributed by atoms with Crippen molar-refractivity contribution in [3.05, 3.63) is 0 Å². The first-order valence-electron chi connectivity index (χ1n) is 2.34. The summed E-state index contributed by atoms with van der Waals surface area (Å²) >= 11 is 0. The molecule has 0 fully saturated rings.